The maximum absolute atomic E-state index is 13.0. The lowest BCUT2D eigenvalue weighted by molar-refractivity contribution is 0.0730. The van der Waals surface area contributed by atoms with Crippen LogP contribution in [0.1, 0.15) is 10.4 Å². The summed E-state index contributed by atoms with van der Waals surface area (Å²) in [5.74, 6) is -0.368. The number of amides is 1. The Morgan fingerprint density at radius 3 is 2.52 bits per heavy atom. The lowest BCUT2D eigenvalue weighted by Crippen LogP contribution is -2.40. The molecular weight excluding hydrogens is 456 g/mol. The molecule has 0 aliphatic carbocycles. The number of hydrogen-bond donors (Lipinski definition) is 1. The second-order valence-corrected chi connectivity index (χ2v) is 9.40. The van der Waals surface area contributed by atoms with E-state index in [9.17, 15) is 13.2 Å². The van der Waals surface area contributed by atoms with Gasteiger partial charge in [-0.2, -0.15) is 4.31 Å². The Hall–Kier alpha value is -2.26. The highest BCUT2D eigenvalue weighted by Gasteiger charge is 2.29. The van der Waals surface area contributed by atoms with E-state index in [1.54, 1.807) is 12.1 Å². The van der Waals surface area contributed by atoms with Crippen molar-refractivity contribution < 1.29 is 17.9 Å². The fourth-order valence-corrected chi connectivity index (χ4v) is 5.66. The average molecular weight is 475 g/mol. The summed E-state index contributed by atoms with van der Waals surface area (Å²) in [7, 11) is -3.73. The lowest BCUT2D eigenvalue weighted by atomic mass is 10.1. The van der Waals surface area contributed by atoms with E-state index in [-0.39, 0.29) is 16.4 Å². The van der Waals surface area contributed by atoms with Gasteiger partial charge in [0.15, 0.2) is 0 Å². The van der Waals surface area contributed by atoms with Crippen molar-refractivity contribution in [1.82, 2.24) is 4.31 Å². The van der Waals surface area contributed by atoms with Crippen LogP contribution in [0.2, 0.25) is 0 Å². The number of nitrogens with one attached hydrogen (secondary N) is 1. The quantitative estimate of drug-likeness (QED) is 0.622. The second kappa shape index (κ2) is 8.23. The molecule has 3 aromatic rings. The Balaban J connectivity index is 1.65. The number of carbonyl (C=O) groups is 1. The molecule has 1 saturated heterocycles. The van der Waals surface area contributed by atoms with E-state index in [4.69, 9.17) is 4.74 Å². The molecule has 1 fully saturated rings. The molecule has 4 rings (SSSR count). The minimum Gasteiger partial charge on any atom is -0.379 e. The van der Waals surface area contributed by atoms with Crippen molar-refractivity contribution in [3.63, 3.8) is 0 Å². The van der Waals surface area contributed by atoms with Crippen LogP contribution in [0, 0.1) is 0 Å². The molecule has 3 aromatic carbocycles. The van der Waals surface area contributed by atoms with Crippen LogP contribution in [0.5, 0.6) is 0 Å². The molecule has 150 valence electrons. The second-order valence-electron chi connectivity index (χ2n) is 6.64. The van der Waals surface area contributed by atoms with Gasteiger partial charge in [0.05, 0.1) is 18.1 Å². The van der Waals surface area contributed by atoms with E-state index in [0.717, 1.165) is 10.8 Å². The van der Waals surface area contributed by atoms with Gasteiger partial charge in [0.2, 0.25) is 10.0 Å². The van der Waals surface area contributed by atoms with Gasteiger partial charge in [0.25, 0.3) is 5.91 Å². The number of anilines is 1. The molecule has 0 radical (unpaired) electrons. The largest absolute Gasteiger partial charge is 0.379 e. The summed E-state index contributed by atoms with van der Waals surface area (Å²) in [6.07, 6.45) is 0. The lowest BCUT2D eigenvalue weighted by Gasteiger charge is -2.26. The Morgan fingerprint density at radius 1 is 1.00 bits per heavy atom. The van der Waals surface area contributed by atoms with Crippen LogP contribution in [0.4, 0.5) is 5.69 Å². The van der Waals surface area contributed by atoms with Gasteiger partial charge < -0.3 is 10.1 Å². The first-order valence-electron chi connectivity index (χ1n) is 9.13. The van der Waals surface area contributed by atoms with Crippen LogP contribution in [-0.4, -0.2) is 44.9 Å². The van der Waals surface area contributed by atoms with Crippen LogP contribution in [0.15, 0.2) is 70.0 Å². The zero-order chi connectivity index (χ0) is 20.4. The molecule has 0 aromatic heterocycles. The number of halogens is 1. The molecule has 0 unspecified atom stereocenters. The van der Waals surface area contributed by atoms with Crippen molar-refractivity contribution in [3.05, 3.63) is 70.7 Å². The van der Waals surface area contributed by atoms with Gasteiger partial charge in [-0.3, -0.25) is 4.79 Å². The third-order valence-corrected chi connectivity index (χ3v) is 7.71. The van der Waals surface area contributed by atoms with Gasteiger partial charge >= 0.3 is 0 Å². The molecule has 0 spiro atoms. The topological polar surface area (TPSA) is 75.7 Å². The van der Waals surface area contributed by atoms with Crippen LogP contribution >= 0.6 is 15.9 Å². The van der Waals surface area contributed by atoms with Gasteiger partial charge in [-0.15, -0.1) is 0 Å². The van der Waals surface area contributed by atoms with Crippen molar-refractivity contribution >= 4 is 48.3 Å². The molecule has 0 atom stereocenters. The Bertz CT molecular complexity index is 1170. The van der Waals surface area contributed by atoms with Crippen LogP contribution in [0.25, 0.3) is 10.8 Å². The number of ether oxygens (including phenoxy) is 1. The molecule has 1 aliphatic rings. The van der Waals surface area contributed by atoms with Gasteiger partial charge in [0.1, 0.15) is 0 Å². The minimum atomic E-state index is -3.73. The van der Waals surface area contributed by atoms with Gasteiger partial charge in [0, 0.05) is 34.2 Å². The van der Waals surface area contributed by atoms with E-state index < -0.39 is 10.0 Å². The van der Waals surface area contributed by atoms with Crippen molar-refractivity contribution in [2.45, 2.75) is 4.90 Å². The van der Waals surface area contributed by atoms with Gasteiger partial charge in [-0.1, -0.05) is 36.4 Å². The number of rotatable bonds is 4. The maximum atomic E-state index is 13.0. The van der Waals surface area contributed by atoms with E-state index in [2.05, 4.69) is 21.2 Å². The first kappa shape index (κ1) is 20.0. The van der Waals surface area contributed by atoms with E-state index in [1.165, 1.54) is 10.4 Å². The number of carbonyl (C=O) groups excluding carboxylic acids is 1. The fourth-order valence-electron chi connectivity index (χ4n) is 3.30. The highest BCUT2D eigenvalue weighted by Crippen LogP contribution is 2.28. The van der Waals surface area contributed by atoms with Crippen molar-refractivity contribution in [2.75, 3.05) is 31.6 Å². The van der Waals surface area contributed by atoms with Crippen LogP contribution in [-0.2, 0) is 14.8 Å². The molecule has 8 heteroatoms. The molecule has 1 amide bonds. The normalized spacial score (nSPS) is 15.3. The smallest absolute Gasteiger partial charge is 0.255 e. The Morgan fingerprint density at radius 2 is 1.72 bits per heavy atom. The number of fused-ring (bicyclic) bond motifs is 1. The van der Waals surface area contributed by atoms with Crippen molar-refractivity contribution in [2.24, 2.45) is 0 Å². The summed E-state index contributed by atoms with van der Waals surface area (Å²) in [5.41, 5.74) is 0.946. The summed E-state index contributed by atoms with van der Waals surface area (Å²) < 4.78 is 33.1. The molecule has 1 heterocycles. The zero-order valence-electron chi connectivity index (χ0n) is 15.5. The van der Waals surface area contributed by atoms with Crippen LogP contribution in [0.3, 0.4) is 0 Å². The van der Waals surface area contributed by atoms with E-state index in [0.29, 0.717) is 36.5 Å². The third kappa shape index (κ3) is 4.06. The first-order chi connectivity index (χ1) is 14.0. The molecule has 6 nitrogen and oxygen atoms in total. The van der Waals surface area contributed by atoms with Crippen molar-refractivity contribution in [1.29, 1.82) is 0 Å². The van der Waals surface area contributed by atoms with E-state index >= 15 is 0 Å². The number of morpholine rings is 1. The average Bonchev–Trinajstić information content (AvgIpc) is 2.75. The highest BCUT2D eigenvalue weighted by atomic mass is 79.9. The first-order valence-corrected chi connectivity index (χ1v) is 11.4. The minimum absolute atomic E-state index is 0.0740. The number of benzene rings is 3. The number of hydrogen-bond acceptors (Lipinski definition) is 4. The maximum Gasteiger partial charge on any atom is 0.255 e. The predicted molar refractivity (Wildman–Crippen MR) is 116 cm³/mol. The van der Waals surface area contributed by atoms with Gasteiger partial charge in [-0.05, 0) is 45.6 Å². The summed E-state index contributed by atoms with van der Waals surface area (Å²) in [6.45, 7) is 1.30. The van der Waals surface area contributed by atoms with Crippen molar-refractivity contribution in [3.8, 4) is 0 Å². The molecule has 0 bridgehead atoms. The Labute approximate surface area is 177 Å². The third-order valence-electron chi connectivity index (χ3n) is 4.82. The molecule has 29 heavy (non-hydrogen) atoms. The summed E-state index contributed by atoms with van der Waals surface area (Å²) >= 11 is 3.31. The van der Waals surface area contributed by atoms with Crippen LogP contribution < -0.4 is 5.32 Å². The molecule has 0 saturated carbocycles. The predicted octanol–water partition coefficient (Wildman–Crippen LogP) is 3.88. The summed E-state index contributed by atoms with van der Waals surface area (Å²) in [6, 6.07) is 18.0. The monoisotopic (exact) mass is 474 g/mol. The standard InChI is InChI=1S/C21H19BrN2O4S/c22-18-9-8-16(14-20(18)29(26,27)24-10-12-28-13-11-24)21(25)23-19-7-3-5-15-4-1-2-6-17(15)19/h1-9,14H,10-13H2,(H,23,25). The zero-order valence-corrected chi connectivity index (χ0v) is 17.9. The molecular formula is C21H19BrN2O4S. The van der Waals surface area contributed by atoms with E-state index in [1.807, 2.05) is 42.5 Å². The summed E-state index contributed by atoms with van der Waals surface area (Å²) in [4.78, 5) is 12.9. The number of nitrogens with zero attached hydrogens (tertiary/aromatic N) is 1. The molecule has 1 N–H and O–H groups in total. The fraction of sp³-hybridized carbons (Fsp3) is 0.190. The summed E-state index contributed by atoms with van der Waals surface area (Å²) in [5, 5.41) is 4.83. The van der Waals surface area contributed by atoms with Gasteiger partial charge in [-0.25, -0.2) is 8.42 Å². The molecule has 1 aliphatic heterocycles. The Kier molecular flexibility index (Phi) is 5.69. The number of sulfonamides is 1. The SMILES string of the molecule is O=C(Nc1cccc2ccccc12)c1ccc(Br)c(S(=O)(=O)N2CCOCC2)c1. The highest BCUT2D eigenvalue weighted by molar-refractivity contribution is 9.10.